The number of para-hydroxylation sites is 10. The van der Waals surface area contributed by atoms with Crippen molar-refractivity contribution < 1.29 is 0 Å². The lowest BCUT2D eigenvalue weighted by Gasteiger charge is -2.45. The van der Waals surface area contributed by atoms with Gasteiger partial charge in [-0.05, 0) is 205 Å². The second kappa shape index (κ2) is 27.3. The lowest BCUT2D eigenvalue weighted by molar-refractivity contribution is 1.13. The van der Waals surface area contributed by atoms with Crippen LogP contribution in [0.3, 0.4) is 0 Å². The number of anilines is 6. The molecule has 0 unspecified atom stereocenters. The predicted octanol–water partition coefficient (Wildman–Crippen LogP) is 28.2. The van der Waals surface area contributed by atoms with Gasteiger partial charge in [-0.3, -0.25) is 0 Å². The fourth-order valence-electron chi connectivity index (χ4n) is 20.5. The van der Waals surface area contributed by atoms with Gasteiger partial charge in [-0.1, -0.05) is 309 Å². The molecule has 0 radical (unpaired) electrons. The van der Waals surface area contributed by atoms with E-state index in [4.69, 9.17) is 0 Å². The minimum Gasteiger partial charge on any atom is -0.311 e. The normalized spacial score (nSPS) is 12.4. The van der Waals surface area contributed by atoms with E-state index >= 15 is 0 Å². The molecule has 0 saturated carbocycles. The summed E-state index contributed by atoms with van der Waals surface area (Å²) in [5.41, 5.74) is 37.3. The van der Waals surface area contributed by atoms with E-state index in [9.17, 15) is 0 Å². The Kier molecular flexibility index (Phi) is 15.4. The maximum atomic E-state index is 2.63. The quantitative estimate of drug-likeness (QED) is 0.114. The van der Waals surface area contributed by atoms with Gasteiger partial charge >= 0.3 is 0 Å². The Hall–Kier alpha value is -16.0. The summed E-state index contributed by atoms with van der Waals surface area (Å²) in [6, 6.07) is 166. The van der Waals surface area contributed by atoms with Crippen molar-refractivity contribution in [2.24, 2.45) is 0 Å². The molecule has 6 heterocycles. The summed E-state index contributed by atoms with van der Waals surface area (Å²) in [5.74, 6) is 0. The van der Waals surface area contributed by atoms with Crippen LogP contribution < -0.4 is 26.2 Å². The molecule has 0 amide bonds. The summed E-state index contributed by atoms with van der Waals surface area (Å²) in [5, 5.41) is 9.63. The molecule has 25 rings (SSSR count). The minimum atomic E-state index is -0.277. The van der Waals surface area contributed by atoms with Crippen LogP contribution in [0.5, 0.6) is 0 Å². The largest absolute Gasteiger partial charge is 0.311 e. The Balaban J connectivity index is 0.783. The third kappa shape index (κ3) is 10.6. The van der Waals surface area contributed by atoms with Crippen LogP contribution in [0.1, 0.15) is 0 Å². The molecule has 121 heavy (non-hydrogen) atoms. The highest BCUT2D eigenvalue weighted by molar-refractivity contribution is 7.00. The Morgan fingerprint density at radius 2 is 0.413 bits per heavy atom. The van der Waals surface area contributed by atoms with Crippen molar-refractivity contribution in [3.05, 3.63) is 443 Å². The first-order valence-corrected chi connectivity index (χ1v) is 41.8. The predicted molar refractivity (Wildman–Crippen MR) is 510 cm³/mol. The second-order valence-corrected chi connectivity index (χ2v) is 32.2. The molecule has 2 aliphatic heterocycles. The summed E-state index contributed by atoms with van der Waals surface area (Å²) >= 11 is 0. The molecule has 2 aliphatic rings. The number of rotatable bonds is 12. The fourth-order valence-corrected chi connectivity index (χ4v) is 20.5. The molecule has 7 heteroatoms. The average Bonchev–Trinajstić information content (AvgIpc) is 1.06. The maximum absolute atomic E-state index is 2.63. The third-order valence-electron chi connectivity index (χ3n) is 25.7. The van der Waals surface area contributed by atoms with Gasteiger partial charge in [0.2, 0.25) is 0 Å². The van der Waals surface area contributed by atoms with Crippen LogP contribution in [-0.2, 0) is 0 Å². The number of aromatic nitrogens is 4. The highest BCUT2D eigenvalue weighted by atomic mass is 15.2. The van der Waals surface area contributed by atoms with E-state index in [0.29, 0.717) is 0 Å². The molecule has 0 spiro atoms. The first-order valence-electron chi connectivity index (χ1n) is 41.8. The van der Waals surface area contributed by atoms with Gasteiger partial charge in [-0.25, -0.2) is 0 Å². The van der Waals surface area contributed by atoms with Crippen LogP contribution >= 0.6 is 0 Å². The van der Waals surface area contributed by atoms with E-state index in [0.717, 1.165) is 168 Å². The van der Waals surface area contributed by atoms with Crippen molar-refractivity contribution in [2.75, 3.05) is 9.80 Å². The fraction of sp³-hybridized carbons (Fsp3) is 0. The Morgan fingerprint density at radius 1 is 0.157 bits per heavy atom. The van der Waals surface area contributed by atoms with Gasteiger partial charge in [0.15, 0.2) is 0 Å². The number of hydrogen-bond donors (Lipinski definition) is 0. The van der Waals surface area contributed by atoms with E-state index in [1.807, 2.05) is 0 Å². The molecule has 0 fully saturated rings. The molecule has 0 saturated heterocycles. The highest BCUT2D eigenvalue weighted by Crippen LogP contribution is 2.52. The third-order valence-corrected chi connectivity index (χ3v) is 25.7. The lowest BCUT2D eigenvalue weighted by Crippen LogP contribution is -2.61. The molecule has 0 aliphatic carbocycles. The SMILES string of the molecule is c1ccc(-c2cc(-c3ccccc3)cc(-c3ccccc3N3c4cc(-n5c6ccccc6c6cccc(-n7c8ccccc8c8ccccc87)c65)ccc4B4c5ccc(-n6c7ccccc7c7cccc(-n8c9ccccc9c9ccccc98)c76)cc5N(c5ccccc5-c5cc(-c6ccccc6)cc(-c6ccccc6)c5)c5cccc3c54)c2)cc1. The van der Waals surface area contributed by atoms with E-state index in [1.165, 1.54) is 59.5 Å². The number of benzene rings is 19. The Labute approximate surface area is 700 Å². The van der Waals surface area contributed by atoms with E-state index in [-0.39, 0.29) is 6.71 Å². The monoisotopic (exact) mass is 1540 g/mol. The molecule has 562 valence electrons. The molecule has 19 aromatic carbocycles. The number of hydrogen-bond acceptors (Lipinski definition) is 2. The molecular formula is C114H73BN6. The summed E-state index contributed by atoms with van der Waals surface area (Å²) in [6.07, 6.45) is 0. The molecule has 6 nitrogen and oxygen atoms in total. The Bertz CT molecular complexity index is 7480. The van der Waals surface area contributed by atoms with Gasteiger partial charge in [0.05, 0.1) is 66.9 Å². The van der Waals surface area contributed by atoms with Gasteiger partial charge in [-0.15, -0.1) is 0 Å². The maximum Gasteiger partial charge on any atom is 0.252 e. The highest BCUT2D eigenvalue weighted by Gasteiger charge is 2.45. The smallest absolute Gasteiger partial charge is 0.252 e. The molecule has 4 aromatic heterocycles. The summed E-state index contributed by atoms with van der Waals surface area (Å²) in [4.78, 5) is 5.27. The molecule has 0 atom stereocenters. The van der Waals surface area contributed by atoms with Gasteiger partial charge in [0.1, 0.15) is 0 Å². The lowest BCUT2D eigenvalue weighted by atomic mass is 9.33. The number of fused-ring (bicyclic) bond motifs is 16. The van der Waals surface area contributed by atoms with E-state index in [2.05, 4.69) is 471 Å². The van der Waals surface area contributed by atoms with Crippen LogP contribution in [0.15, 0.2) is 443 Å². The van der Waals surface area contributed by atoms with Crippen LogP contribution in [-0.4, -0.2) is 25.0 Å². The van der Waals surface area contributed by atoms with Crippen molar-refractivity contribution in [1.29, 1.82) is 0 Å². The van der Waals surface area contributed by atoms with Gasteiger partial charge in [0.25, 0.3) is 6.71 Å². The number of nitrogens with zero attached hydrogens (tertiary/aromatic N) is 6. The topological polar surface area (TPSA) is 26.2 Å². The molecule has 23 aromatic rings. The van der Waals surface area contributed by atoms with Crippen molar-refractivity contribution in [1.82, 2.24) is 18.3 Å². The van der Waals surface area contributed by atoms with Crippen LogP contribution in [0, 0.1) is 0 Å². The zero-order chi connectivity index (χ0) is 79.3. The zero-order valence-corrected chi connectivity index (χ0v) is 65.9. The summed E-state index contributed by atoms with van der Waals surface area (Å²) < 4.78 is 10.1. The standard InChI is InChI=1S/C114H73BN6/c1-5-32-74(33-6-1)78-66-79(75-34-7-2-8-35-75)69-82(68-78)86-40-13-21-50-98(86)120-106-58-31-59-107-112(106)115(96-64-62-84(72-110(96)120)116-100-52-23-19-46-92(100)94-48-29-60-108(113(94)116)118-102-54-25-15-42-88(102)89-43-16-26-55-103(89)118)97-65-63-85(117-101-53-24-20-47-93(101)95-49-30-61-109(114(95)117)119-104-56-27-17-44-90(104)91-45-18-28-57-105(91)119)73-111(97)121(107)99-51-22-14-41-87(99)83-70-80(76-36-9-3-10-37-76)67-81(71-83)77-38-11-4-12-39-77/h1-73H. The first kappa shape index (κ1) is 68.3. The summed E-state index contributed by atoms with van der Waals surface area (Å²) in [6.45, 7) is -0.277. The van der Waals surface area contributed by atoms with Crippen LogP contribution in [0.25, 0.3) is 177 Å². The Morgan fingerprint density at radius 3 is 0.760 bits per heavy atom. The van der Waals surface area contributed by atoms with Gasteiger partial charge < -0.3 is 28.1 Å². The molecule has 0 N–H and O–H groups in total. The molecule has 0 bridgehead atoms. The molecular weight excluding hydrogens is 1460 g/mol. The summed E-state index contributed by atoms with van der Waals surface area (Å²) in [7, 11) is 0. The van der Waals surface area contributed by atoms with Gasteiger partial charge in [-0.2, -0.15) is 0 Å². The van der Waals surface area contributed by atoms with E-state index < -0.39 is 0 Å². The first-order chi connectivity index (χ1) is 60.1. The second-order valence-electron chi connectivity index (χ2n) is 32.2. The van der Waals surface area contributed by atoms with Crippen molar-refractivity contribution in [3.63, 3.8) is 0 Å². The van der Waals surface area contributed by atoms with Crippen molar-refractivity contribution in [2.45, 2.75) is 0 Å². The van der Waals surface area contributed by atoms with Gasteiger partial charge in [0, 0.05) is 88.3 Å². The van der Waals surface area contributed by atoms with E-state index in [1.54, 1.807) is 0 Å². The average molecular weight is 1540 g/mol. The zero-order valence-electron chi connectivity index (χ0n) is 65.9. The van der Waals surface area contributed by atoms with Crippen LogP contribution in [0.2, 0.25) is 0 Å². The van der Waals surface area contributed by atoms with Crippen LogP contribution in [0.4, 0.5) is 34.1 Å². The van der Waals surface area contributed by atoms with Crippen molar-refractivity contribution >= 4 is 144 Å². The van der Waals surface area contributed by atoms with Crippen molar-refractivity contribution in [3.8, 4) is 89.5 Å². The minimum absolute atomic E-state index is 0.277.